The van der Waals surface area contributed by atoms with E-state index in [-0.39, 0.29) is 11.4 Å². The zero-order valence-corrected chi connectivity index (χ0v) is 9.20. The van der Waals surface area contributed by atoms with E-state index in [2.05, 4.69) is 17.6 Å². The first-order chi connectivity index (χ1) is 6.61. The van der Waals surface area contributed by atoms with E-state index in [0.29, 0.717) is 0 Å². The third-order valence-corrected chi connectivity index (χ3v) is 3.53. The van der Waals surface area contributed by atoms with Gasteiger partial charge in [0.15, 0.2) is 0 Å². The fourth-order valence-electron chi connectivity index (χ4n) is 1.52. The molecule has 0 spiro atoms. The number of amides is 1. The number of carbonyl (C=O) groups is 1. The second-order valence-electron chi connectivity index (χ2n) is 4.05. The summed E-state index contributed by atoms with van der Waals surface area (Å²) in [5.74, 6) is 0.0569. The first-order valence-electron chi connectivity index (χ1n) is 4.68. The molecule has 1 amide bonds. The number of nitrogens with one attached hydrogen (secondary N) is 2. The molecular weight excluding hydrogens is 196 g/mol. The number of hydrogen-bond acceptors (Lipinski definition) is 3. The molecule has 0 aromatic carbocycles. The highest BCUT2D eigenvalue weighted by Gasteiger charge is 2.33. The SMILES string of the molecule is Cc1ccsc1C(=O)NC1(C)CNC1. The maximum absolute atomic E-state index is 11.8. The molecule has 3 nitrogen and oxygen atoms in total. The highest BCUT2D eigenvalue weighted by Crippen LogP contribution is 2.17. The Morgan fingerprint density at radius 1 is 1.64 bits per heavy atom. The third-order valence-electron chi connectivity index (χ3n) is 2.51. The summed E-state index contributed by atoms with van der Waals surface area (Å²) in [5.41, 5.74) is 1.01. The van der Waals surface area contributed by atoms with Crippen molar-refractivity contribution in [3.8, 4) is 0 Å². The van der Waals surface area contributed by atoms with Crippen molar-refractivity contribution >= 4 is 17.2 Å². The molecule has 0 aliphatic carbocycles. The van der Waals surface area contributed by atoms with E-state index >= 15 is 0 Å². The average molecular weight is 210 g/mol. The van der Waals surface area contributed by atoms with E-state index < -0.39 is 0 Å². The van der Waals surface area contributed by atoms with Crippen LogP contribution < -0.4 is 10.6 Å². The summed E-state index contributed by atoms with van der Waals surface area (Å²) in [4.78, 5) is 12.6. The molecule has 2 rings (SSSR count). The molecule has 1 aliphatic rings. The summed E-state index contributed by atoms with van der Waals surface area (Å²) in [7, 11) is 0. The Hall–Kier alpha value is -0.870. The molecular formula is C10H14N2OS. The molecule has 1 aliphatic heterocycles. The van der Waals surface area contributed by atoms with Gasteiger partial charge in [0.1, 0.15) is 0 Å². The van der Waals surface area contributed by atoms with E-state index in [0.717, 1.165) is 23.5 Å². The number of thiophene rings is 1. The lowest BCUT2D eigenvalue weighted by Gasteiger charge is -2.39. The number of rotatable bonds is 2. The fraction of sp³-hybridized carbons (Fsp3) is 0.500. The fourth-order valence-corrected chi connectivity index (χ4v) is 2.34. The van der Waals surface area contributed by atoms with Crippen LogP contribution in [0.5, 0.6) is 0 Å². The summed E-state index contributed by atoms with van der Waals surface area (Å²) in [6, 6.07) is 1.97. The van der Waals surface area contributed by atoms with Crippen LogP contribution in [0.3, 0.4) is 0 Å². The zero-order chi connectivity index (χ0) is 10.2. The molecule has 2 heterocycles. The molecule has 1 aromatic rings. The van der Waals surface area contributed by atoms with Crippen LogP contribution in [0.1, 0.15) is 22.2 Å². The van der Waals surface area contributed by atoms with Gasteiger partial charge < -0.3 is 10.6 Å². The van der Waals surface area contributed by atoms with Crippen LogP contribution in [0.15, 0.2) is 11.4 Å². The molecule has 0 saturated carbocycles. The Kier molecular flexibility index (Phi) is 2.33. The van der Waals surface area contributed by atoms with Crippen molar-refractivity contribution in [1.29, 1.82) is 0 Å². The molecule has 0 radical (unpaired) electrons. The van der Waals surface area contributed by atoms with Crippen LogP contribution in [0, 0.1) is 6.92 Å². The Balaban J connectivity index is 2.06. The molecule has 76 valence electrons. The Bertz CT molecular complexity index is 355. The van der Waals surface area contributed by atoms with Gasteiger partial charge in [-0.05, 0) is 30.9 Å². The van der Waals surface area contributed by atoms with E-state index in [1.807, 2.05) is 18.4 Å². The first-order valence-corrected chi connectivity index (χ1v) is 5.56. The van der Waals surface area contributed by atoms with E-state index in [1.165, 1.54) is 11.3 Å². The summed E-state index contributed by atoms with van der Waals surface area (Å²) < 4.78 is 0. The van der Waals surface area contributed by atoms with Gasteiger partial charge in [0, 0.05) is 13.1 Å². The van der Waals surface area contributed by atoms with Gasteiger partial charge in [-0.15, -0.1) is 11.3 Å². The number of hydrogen-bond donors (Lipinski definition) is 2. The molecule has 0 unspecified atom stereocenters. The second kappa shape index (κ2) is 3.37. The number of carbonyl (C=O) groups excluding carboxylic acids is 1. The van der Waals surface area contributed by atoms with Gasteiger partial charge in [-0.2, -0.15) is 0 Å². The smallest absolute Gasteiger partial charge is 0.262 e. The van der Waals surface area contributed by atoms with Crippen LogP contribution in [-0.4, -0.2) is 24.5 Å². The first kappa shape index (κ1) is 9.68. The van der Waals surface area contributed by atoms with Crippen LogP contribution in [0.25, 0.3) is 0 Å². The minimum atomic E-state index is -0.0481. The summed E-state index contributed by atoms with van der Waals surface area (Å²) in [6.07, 6.45) is 0. The van der Waals surface area contributed by atoms with Gasteiger partial charge in [-0.3, -0.25) is 4.79 Å². The summed E-state index contributed by atoms with van der Waals surface area (Å²) >= 11 is 1.50. The summed E-state index contributed by atoms with van der Waals surface area (Å²) in [6.45, 7) is 5.75. The molecule has 0 atom stereocenters. The predicted molar refractivity (Wildman–Crippen MR) is 57.8 cm³/mol. The molecule has 1 fully saturated rings. The lowest BCUT2D eigenvalue weighted by atomic mass is 9.95. The lowest BCUT2D eigenvalue weighted by Crippen LogP contribution is -2.67. The molecule has 1 aromatic heterocycles. The highest BCUT2D eigenvalue weighted by atomic mass is 32.1. The predicted octanol–water partition coefficient (Wildman–Crippen LogP) is 1.15. The van der Waals surface area contributed by atoms with Crippen LogP contribution in [0.2, 0.25) is 0 Å². The molecule has 2 N–H and O–H groups in total. The van der Waals surface area contributed by atoms with Crippen LogP contribution in [-0.2, 0) is 0 Å². The lowest BCUT2D eigenvalue weighted by molar-refractivity contribution is 0.0876. The number of aryl methyl sites for hydroxylation is 1. The third kappa shape index (κ3) is 1.67. The van der Waals surface area contributed by atoms with Crippen molar-refractivity contribution in [2.45, 2.75) is 19.4 Å². The Labute approximate surface area is 87.5 Å². The normalized spacial score (nSPS) is 18.7. The van der Waals surface area contributed by atoms with Gasteiger partial charge >= 0.3 is 0 Å². The quantitative estimate of drug-likeness (QED) is 0.769. The standard InChI is InChI=1S/C10H14N2OS/c1-7-3-4-14-8(7)9(13)12-10(2)5-11-6-10/h3-4,11H,5-6H2,1-2H3,(H,12,13). The molecule has 1 saturated heterocycles. The van der Waals surface area contributed by atoms with Crippen molar-refractivity contribution in [2.75, 3.05) is 13.1 Å². The van der Waals surface area contributed by atoms with Crippen molar-refractivity contribution in [3.05, 3.63) is 21.9 Å². The van der Waals surface area contributed by atoms with Gasteiger partial charge in [-0.25, -0.2) is 0 Å². The van der Waals surface area contributed by atoms with E-state index in [9.17, 15) is 4.79 Å². The molecule has 14 heavy (non-hydrogen) atoms. The second-order valence-corrected chi connectivity index (χ2v) is 4.97. The maximum atomic E-state index is 11.8. The van der Waals surface area contributed by atoms with E-state index in [4.69, 9.17) is 0 Å². The zero-order valence-electron chi connectivity index (χ0n) is 8.39. The van der Waals surface area contributed by atoms with Gasteiger partial charge in [0.25, 0.3) is 5.91 Å². The van der Waals surface area contributed by atoms with Crippen molar-refractivity contribution in [3.63, 3.8) is 0 Å². The maximum Gasteiger partial charge on any atom is 0.262 e. The topological polar surface area (TPSA) is 41.1 Å². The van der Waals surface area contributed by atoms with Crippen LogP contribution >= 0.6 is 11.3 Å². The van der Waals surface area contributed by atoms with Gasteiger partial charge in [0.05, 0.1) is 10.4 Å². The van der Waals surface area contributed by atoms with E-state index in [1.54, 1.807) is 0 Å². The van der Waals surface area contributed by atoms with Crippen molar-refractivity contribution < 1.29 is 4.79 Å². The van der Waals surface area contributed by atoms with Gasteiger partial charge in [0.2, 0.25) is 0 Å². The van der Waals surface area contributed by atoms with Crippen molar-refractivity contribution in [2.24, 2.45) is 0 Å². The van der Waals surface area contributed by atoms with Crippen molar-refractivity contribution in [1.82, 2.24) is 10.6 Å². The highest BCUT2D eigenvalue weighted by molar-refractivity contribution is 7.12. The molecule has 4 heteroatoms. The minimum Gasteiger partial charge on any atom is -0.344 e. The van der Waals surface area contributed by atoms with Gasteiger partial charge in [-0.1, -0.05) is 0 Å². The average Bonchev–Trinajstić information content (AvgIpc) is 2.48. The van der Waals surface area contributed by atoms with Crippen LogP contribution in [0.4, 0.5) is 0 Å². The molecule has 0 bridgehead atoms. The largest absolute Gasteiger partial charge is 0.344 e. The monoisotopic (exact) mass is 210 g/mol. The Morgan fingerprint density at radius 3 is 2.79 bits per heavy atom. The summed E-state index contributed by atoms with van der Waals surface area (Å²) in [5, 5.41) is 8.15. The minimum absolute atomic E-state index is 0.0481. The Morgan fingerprint density at radius 2 is 2.36 bits per heavy atom.